The predicted molar refractivity (Wildman–Crippen MR) is 130 cm³/mol. The van der Waals surface area contributed by atoms with Crippen LogP contribution in [0.3, 0.4) is 0 Å². The van der Waals surface area contributed by atoms with Crippen LogP contribution in [-0.2, 0) is 19.2 Å². The second-order valence-corrected chi connectivity index (χ2v) is 8.89. The minimum atomic E-state index is -1.22. The second kappa shape index (κ2) is 12.0. The van der Waals surface area contributed by atoms with E-state index in [1.54, 1.807) is 48.5 Å². The van der Waals surface area contributed by atoms with E-state index in [0.717, 1.165) is 31.4 Å². The Hall–Kier alpha value is -3.59. The zero-order chi connectivity index (χ0) is 24.5. The molecule has 9 heteroatoms. The number of nitrogens with zero attached hydrogens (tertiary/aromatic N) is 1. The number of thioether (sulfide) groups is 1. The van der Waals surface area contributed by atoms with Crippen LogP contribution < -0.4 is 15.0 Å². The number of amides is 3. The van der Waals surface area contributed by atoms with Crippen molar-refractivity contribution in [3.8, 4) is 5.75 Å². The van der Waals surface area contributed by atoms with Crippen molar-refractivity contribution in [1.82, 2.24) is 0 Å². The van der Waals surface area contributed by atoms with Gasteiger partial charge in [-0.2, -0.15) is 0 Å². The van der Waals surface area contributed by atoms with Crippen molar-refractivity contribution in [2.24, 2.45) is 0 Å². The van der Waals surface area contributed by atoms with Crippen molar-refractivity contribution in [3.63, 3.8) is 0 Å². The number of nitrogens with one attached hydrogen (secondary N) is 1. The molecule has 34 heavy (non-hydrogen) atoms. The third-order valence-corrected chi connectivity index (χ3v) is 6.15. The quantitative estimate of drug-likeness (QED) is 0.279. The predicted octanol–water partition coefficient (Wildman–Crippen LogP) is 4.26. The van der Waals surface area contributed by atoms with Gasteiger partial charge in [0.05, 0.1) is 17.5 Å². The number of hydrogen-bond acceptors (Lipinski definition) is 6. The van der Waals surface area contributed by atoms with E-state index in [2.05, 4.69) is 12.2 Å². The van der Waals surface area contributed by atoms with Gasteiger partial charge in [0.1, 0.15) is 5.75 Å². The topological polar surface area (TPSA) is 113 Å². The summed E-state index contributed by atoms with van der Waals surface area (Å²) < 4.78 is 5.69. The van der Waals surface area contributed by atoms with Crippen molar-refractivity contribution in [1.29, 1.82) is 0 Å². The van der Waals surface area contributed by atoms with E-state index in [1.807, 2.05) is 0 Å². The average Bonchev–Trinajstić information content (AvgIpc) is 3.08. The molecule has 1 aliphatic heterocycles. The second-order valence-electron chi connectivity index (χ2n) is 7.62. The summed E-state index contributed by atoms with van der Waals surface area (Å²) in [4.78, 5) is 49.8. The molecule has 0 aromatic heterocycles. The molecule has 3 amide bonds. The molecule has 2 aromatic rings. The maximum absolute atomic E-state index is 13.0. The first-order valence-corrected chi connectivity index (χ1v) is 11.8. The van der Waals surface area contributed by atoms with Crippen LogP contribution in [0.2, 0.25) is 0 Å². The van der Waals surface area contributed by atoms with Crippen LogP contribution in [0.25, 0.3) is 0 Å². The Morgan fingerprint density at radius 1 is 1.15 bits per heavy atom. The number of ether oxygens (including phenoxy) is 1. The molecule has 8 nitrogen and oxygen atoms in total. The summed E-state index contributed by atoms with van der Waals surface area (Å²) in [6.45, 7) is 2.75. The van der Waals surface area contributed by atoms with Gasteiger partial charge in [0.25, 0.3) is 0 Å². The molecule has 1 heterocycles. The number of unbranched alkanes of at least 4 members (excludes halogenated alkanes) is 2. The lowest BCUT2D eigenvalue weighted by atomic mass is 10.2. The normalized spacial score (nSPS) is 15.7. The summed E-state index contributed by atoms with van der Waals surface area (Å²) in [5.41, 5.74) is 0.957. The number of aliphatic carboxylic acids is 1. The monoisotopic (exact) mass is 482 g/mol. The lowest BCUT2D eigenvalue weighted by Crippen LogP contribution is -2.31. The minimum absolute atomic E-state index is 0.0662. The smallest absolute Gasteiger partial charge is 0.328 e. The number of hydrogen-bond donors (Lipinski definition) is 2. The first kappa shape index (κ1) is 25.0. The molecule has 0 bridgehead atoms. The average molecular weight is 483 g/mol. The SMILES string of the molecule is CCCCCOc1ccc(N2C(=O)CC(Sc3cccc(NC(=O)C=CC(=O)O)c3)C2=O)cc1. The fraction of sp³-hybridized carbons (Fsp3) is 0.280. The van der Waals surface area contributed by atoms with E-state index in [0.29, 0.717) is 28.6 Å². The lowest BCUT2D eigenvalue weighted by Gasteiger charge is -2.16. The fourth-order valence-electron chi connectivity index (χ4n) is 3.34. The van der Waals surface area contributed by atoms with Crippen LogP contribution >= 0.6 is 11.8 Å². The number of benzene rings is 2. The minimum Gasteiger partial charge on any atom is -0.494 e. The van der Waals surface area contributed by atoms with Gasteiger partial charge < -0.3 is 15.2 Å². The molecule has 1 atom stereocenters. The van der Waals surface area contributed by atoms with E-state index in [9.17, 15) is 19.2 Å². The highest BCUT2D eigenvalue weighted by molar-refractivity contribution is 8.00. The van der Waals surface area contributed by atoms with Crippen molar-refractivity contribution < 1.29 is 29.0 Å². The van der Waals surface area contributed by atoms with Crippen LogP contribution in [0.5, 0.6) is 5.75 Å². The Morgan fingerprint density at radius 2 is 1.91 bits per heavy atom. The van der Waals surface area contributed by atoms with Crippen molar-refractivity contribution in [2.75, 3.05) is 16.8 Å². The van der Waals surface area contributed by atoms with Crippen molar-refractivity contribution >= 4 is 46.8 Å². The third-order valence-electron chi connectivity index (χ3n) is 4.97. The van der Waals surface area contributed by atoms with Gasteiger partial charge in [0, 0.05) is 29.2 Å². The van der Waals surface area contributed by atoms with Gasteiger partial charge in [0.2, 0.25) is 17.7 Å². The molecule has 1 unspecified atom stereocenters. The Labute approximate surface area is 202 Å². The molecular formula is C25H26N2O6S. The Morgan fingerprint density at radius 3 is 2.62 bits per heavy atom. The van der Waals surface area contributed by atoms with E-state index >= 15 is 0 Å². The molecule has 0 spiro atoms. The summed E-state index contributed by atoms with van der Waals surface area (Å²) in [7, 11) is 0. The number of imide groups is 1. The van der Waals surface area contributed by atoms with Gasteiger partial charge >= 0.3 is 5.97 Å². The highest BCUT2D eigenvalue weighted by Gasteiger charge is 2.40. The van der Waals surface area contributed by atoms with Gasteiger partial charge in [-0.05, 0) is 48.9 Å². The highest BCUT2D eigenvalue weighted by Crippen LogP contribution is 2.35. The van der Waals surface area contributed by atoms with Gasteiger partial charge in [-0.3, -0.25) is 14.4 Å². The summed E-state index contributed by atoms with van der Waals surface area (Å²) in [5.74, 6) is -1.68. The van der Waals surface area contributed by atoms with Crippen molar-refractivity contribution in [3.05, 3.63) is 60.7 Å². The van der Waals surface area contributed by atoms with Gasteiger partial charge in [-0.15, -0.1) is 11.8 Å². The number of anilines is 2. The lowest BCUT2D eigenvalue weighted by molar-refractivity contribution is -0.131. The molecule has 1 fully saturated rings. The molecule has 2 N–H and O–H groups in total. The van der Waals surface area contributed by atoms with Gasteiger partial charge in [-0.1, -0.05) is 25.8 Å². The molecule has 178 valence electrons. The van der Waals surface area contributed by atoms with E-state index in [-0.39, 0.29) is 18.2 Å². The summed E-state index contributed by atoms with van der Waals surface area (Å²) >= 11 is 1.24. The standard InChI is InChI=1S/C25H26N2O6S/c1-2-3-4-14-33-19-10-8-18(9-11-19)27-23(29)16-21(25(27)32)34-20-7-5-6-17(15-20)26-22(28)12-13-24(30)31/h5-13,15,21H,2-4,14,16H2,1H3,(H,26,28)(H,30,31). The molecule has 1 aliphatic rings. The van der Waals surface area contributed by atoms with Crippen LogP contribution in [-0.4, -0.2) is 40.7 Å². The van der Waals surface area contributed by atoms with E-state index in [4.69, 9.17) is 9.84 Å². The van der Waals surface area contributed by atoms with Gasteiger partial charge in [0.15, 0.2) is 0 Å². The molecule has 0 saturated carbocycles. The maximum atomic E-state index is 13.0. The van der Waals surface area contributed by atoms with Crippen LogP contribution in [0.1, 0.15) is 32.6 Å². The zero-order valence-corrected chi connectivity index (χ0v) is 19.5. The zero-order valence-electron chi connectivity index (χ0n) is 18.7. The fourth-order valence-corrected chi connectivity index (χ4v) is 4.46. The molecule has 1 saturated heterocycles. The Balaban J connectivity index is 1.61. The third kappa shape index (κ3) is 6.95. The maximum Gasteiger partial charge on any atom is 0.328 e. The summed E-state index contributed by atoms with van der Waals surface area (Å²) in [6.07, 6.45) is 4.92. The number of carbonyl (C=O) groups excluding carboxylic acids is 3. The molecule has 2 aromatic carbocycles. The number of carboxylic acids is 1. The summed E-state index contributed by atoms with van der Waals surface area (Å²) in [6, 6.07) is 13.7. The largest absolute Gasteiger partial charge is 0.494 e. The molecule has 0 aliphatic carbocycles. The number of carbonyl (C=O) groups is 4. The van der Waals surface area contributed by atoms with E-state index < -0.39 is 17.1 Å². The van der Waals surface area contributed by atoms with Crippen LogP contribution in [0, 0.1) is 0 Å². The van der Waals surface area contributed by atoms with Crippen LogP contribution in [0.4, 0.5) is 11.4 Å². The van der Waals surface area contributed by atoms with Gasteiger partial charge in [-0.25, -0.2) is 9.69 Å². The number of rotatable bonds is 11. The Bertz CT molecular complexity index is 1080. The highest BCUT2D eigenvalue weighted by atomic mass is 32.2. The molecule has 3 rings (SSSR count). The first-order valence-electron chi connectivity index (χ1n) is 11.0. The molecular weight excluding hydrogens is 456 g/mol. The Kier molecular flexibility index (Phi) is 8.86. The van der Waals surface area contributed by atoms with E-state index in [1.165, 1.54) is 16.7 Å². The van der Waals surface area contributed by atoms with Crippen LogP contribution in [0.15, 0.2) is 65.6 Å². The number of carboxylic acid groups (broad SMARTS) is 1. The summed E-state index contributed by atoms with van der Waals surface area (Å²) in [5, 5.41) is 10.6. The molecule has 0 radical (unpaired) electrons. The van der Waals surface area contributed by atoms with Crippen molar-refractivity contribution in [2.45, 2.75) is 42.8 Å². The first-order chi connectivity index (χ1) is 16.4.